The van der Waals surface area contributed by atoms with Crippen molar-refractivity contribution in [2.45, 2.75) is 46.5 Å². The standard InChI is InChI=1S/C29H39N/c1-5-13-24-18-19-29(30(7-3)8-4)22-28(24)21-27-17-12-11-16-26(27)20-25-15-10-9-14-23(25)6-2/h6,9-12,14-19,22-25,28H,2,5,7-8,13,20-21H2,1,3-4H3. The van der Waals surface area contributed by atoms with Crippen LogP contribution in [-0.2, 0) is 12.8 Å². The Morgan fingerprint density at radius 3 is 2.17 bits per heavy atom. The Morgan fingerprint density at radius 2 is 1.53 bits per heavy atom. The van der Waals surface area contributed by atoms with Crippen molar-refractivity contribution in [3.63, 3.8) is 0 Å². The predicted molar refractivity (Wildman–Crippen MR) is 131 cm³/mol. The lowest BCUT2D eigenvalue weighted by Gasteiger charge is -2.32. The van der Waals surface area contributed by atoms with Crippen molar-refractivity contribution < 1.29 is 0 Å². The Hall–Kier alpha value is -2.28. The first-order valence-corrected chi connectivity index (χ1v) is 11.9. The van der Waals surface area contributed by atoms with Gasteiger partial charge in [-0.25, -0.2) is 0 Å². The normalized spacial score (nSPS) is 25.2. The number of hydrogen-bond donors (Lipinski definition) is 0. The topological polar surface area (TPSA) is 3.24 Å². The van der Waals surface area contributed by atoms with E-state index in [9.17, 15) is 0 Å². The van der Waals surface area contributed by atoms with E-state index < -0.39 is 0 Å². The fraction of sp³-hybridized carbons (Fsp3) is 0.448. The molecule has 4 atom stereocenters. The zero-order chi connectivity index (χ0) is 21.3. The summed E-state index contributed by atoms with van der Waals surface area (Å²) in [4.78, 5) is 2.48. The monoisotopic (exact) mass is 401 g/mol. The molecule has 30 heavy (non-hydrogen) atoms. The number of nitrogens with zero attached hydrogens (tertiary/aromatic N) is 1. The Balaban J connectivity index is 1.83. The second-order valence-corrected chi connectivity index (χ2v) is 8.66. The average Bonchev–Trinajstić information content (AvgIpc) is 2.78. The van der Waals surface area contributed by atoms with Crippen LogP contribution in [-0.4, -0.2) is 18.0 Å². The molecule has 0 bridgehead atoms. The molecule has 3 rings (SSSR count). The van der Waals surface area contributed by atoms with Gasteiger partial charge < -0.3 is 4.90 Å². The number of allylic oxidation sites excluding steroid dienone is 8. The molecule has 160 valence electrons. The first-order chi connectivity index (χ1) is 14.7. The first kappa shape index (κ1) is 22.4. The van der Waals surface area contributed by atoms with Crippen LogP contribution < -0.4 is 0 Å². The van der Waals surface area contributed by atoms with Gasteiger partial charge in [0.05, 0.1) is 0 Å². The maximum Gasteiger partial charge on any atom is 0.0325 e. The smallest absolute Gasteiger partial charge is 0.0325 e. The second kappa shape index (κ2) is 11.2. The van der Waals surface area contributed by atoms with Crippen molar-refractivity contribution in [1.82, 2.24) is 4.90 Å². The zero-order valence-corrected chi connectivity index (χ0v) is 19.1. The van der Waals surface area contributed by atoms with E-state index in [4.69, 9.17) is 0 Å². The highest BCUT2D eigenvalue weighted by atomic mass is 15.1. The average molecular weight is 402 g/mol. The molecule has 1 nitrogen and oxygen atoms in total. The molecule has 2 aliphatic rings. The lowest BCUT2D eigenvalue weighted by Crippen LogP contribution is -2.26. The Labute approximate surface area is 184 Å². The van der Waals surface area contributed by atoms with Crippen molar-refractivity contribution in [3.8, 4) is 0 Å². The quantitative estimate of drug-likeness (QED) is 0.376. The van der Waals surface area contributed by atoms with Crippen molar-refractivity contribution in [2.75, 3.05) is 13.1 Å². The van der Waals surface area contributed by atoms with Crippen LogP contribution in [0.15, 0.2) is 85.1 Å². The van der Waals surface area contributed by atoms with Crippen molar-refractivity contribution in [1.29, 1.82) is 0 Å². The molecule has 0 N–H and O–H groups in total. The Kier molecular flexibility index (Phi) is 8.37. The Morgan fingerprint density at radius 1 is 0.867 bits per heavy atom. The predicted octanol–water partition coefficient (Wildman–Crippen LogP) is 7.14. The molecule has 0 heterocycles. The number of hydrogen-bond acceptors (Lipinski definition) is 1. The molecule has 1 aromatic carbocycles. The maximum atomic E-state index is 4.06. The summed E-state index contributed by atoms with van der Waals surface area (Å²) in [6.45, 7) is 13.0. The van der Waals surface area contributed by atoms with Crippen molar-refractivity contribution in [3.05, 3.63) is 96.3 Å². The molecule has 1 heteroatoms. The number of benzene rings is 1. The van der Waals surface area contributed by atoms with Gasteiger partial charge in [-0.15, -0.1) is 6.58 Å². The molecule has 0 aromatic heterocycles. The van der Waals surface area contributed by atoms with Gasteiger partial charge in [-0.3, -0.25) is 0 Å². The summed E-state index contributed by atoms with van der Waals surface area (Å²) in [7, 11) is 0. The summed E-state index contributed by atoms with van der Waals surface area (Å²) in [5, 5.41) is 0. The van der Waals surface area contributed by atoms with Gasteiger partial charge in [-0.2, -0.15) is 0 Å². The molecule has 0 saturated heterocycles. The van der Waals surface area contributed by atoms with Crippen molar-refractivity contribution >= 4 is 0 Å². The summed E-state index contributed by atoms with van der Waals surface area (Å²) in [6, 6.07) is 9.10. The maximum absolute atomic E-state index is 4.06. The third-order valence-electron chi connectivity index (χ3n) is 6.80. The summed E-state index contributed by atoms with van der Waals surface area (Å²) in [5.41, 5.74) is 4.42. The SMILES string of the molecule is C=CC1C=CC=CC1Cc1ccccc1CC1C=C(N(CC)CC)C=CC1CCC. The van der Waals surface area contributed by atoms with E-state index in [0.29, 0.717) is 23.7 Å². The van der Waals surface area contributed by atoms with E-state index in [0.717, 1.165) is 25.9 Å². The fourth-order valence-corrected chi connectivity index (χ4v) is 5.01. The molecule has 0 aliphatic heterocycles. The van der Waals surface area contributed by atoms with Crippen LogP contribution in [0.3, 0.4) is 0 Å². The van der Waals surface area contributed by atoms with Gasteiger partial charge >= 0.3 is 0 Å². The highest BCUT2D eigenvalue weighted by Gasteiger charge is 2.24. The molecule has 0 spiro atoms. The third-order valence-corrected chi connectivity index (χ3v) is 6.80. The zero-order valence-electron chi connectivity index (χ0n) is 19.1. The van der Waals surface area contributed by atoms with Crippen LogP contribution >= 0.6 is 0 Å². The molecule has 0 saturated carbocycles. The van der Waals surface area contributed by atoms with Crippen LogP contribution in [0.2, 0.25) is 0 Å². The lowest BCUT2D eigenvalue weighted by molar-refractivity contribution is 0.366. The van der Waals surface area contributed by atoms with Gasteiger partial charge in [0.2, 0.25) is 0 Å². The summed E-state index contributed by atoms with van der Waals surface area (Å²) in [6.07, 6.45) is 23.2. The minimum absolute atomic E-state index is 0.433. The largest absolute Gasteiger partial charge is 0.372 e. The summed E-state index contributed by atoms with van der Waals surface area (Å²) in [5.74, 6) is 2.15. The van der Waals surface area contributed by atoms with E-state index in [-0.39, 0.29) is 0 Å². The molecule has 1 aromatic rings. The van der Waals surface area contributed by atoms with Gasteiger partial charge in [0.25, 0.3) is 0 Å². The van der Waals surface area contributed by atoms with E-state index in [1.165, 1.54) is 29.7 Å². The van der Waals surface area contributed by atoms with Crippen LogP contribution in [0.25, 0.3) is 0 Å². The highest BCUT2D eigenvalue weighted by Crippen LogP contribution is 2.33. The molecular formula is C29H39N. The summed E-state index contributed by atoms with van der Waals surface area (Å²) >= 11 is 0. The van der Waals surface area contributed by atoms with E-state index in [2.05, 4.69) is 105 Å². The summed E-state index contributed by atoms with van der Waals surface area (Å²) < 4.78 is 0. The van der Waals surface area contributed by atoms with Gasteiger partial charge in [0.1, 0.15) is 0 Å². The third kappa shape index (κ3) is 5.45. The van der Waals surface area contributed by atoms with Crippen LogP contribution in [0.1, 0.15) is 44.7 Å². The van der Waals surface area contributed by atoms with E-state index >= 15 is 0 Å². The minimum atomic E-state index is 0.433. The Bertz CT molecular complexity index is 805. The lowest BCUT2D eigenvalue weighted by atomic mass is 9.78. The number of rotatable bonds is 10. The molecule has 0 amide bonds. The minimum Gasteiger partial charge on any atom is -0.372 e. The van der Waals surface area contributed by atoms with Crippen LogP contribution in [0, 0.1) is 23.7 Å². The molecule has 2 aliphatic carbocycles. The van der Waals surface area contributed by atoms with E-state index in [1.54, 1.807) is 0 Å². The second-order valence-electron chi connectivity index (χ2n) is 8.66. The molecule has 4 unspecified atom stereocenters. The fourth-order valence-electron chi connectivity index (χ4n) is 5.01. The van der Waals surface area contributed by atoms with Crippen LogP contribution in [0.5, 0.6) is 0 Å². The molecule has 0 radical (unpaired) electrons. The molecule has 0 fully saturated rings. The van der Waals surface area contributed by atoms with Gasteiger partial charge in [-0.05, 0) is 68.1 Å². The van der Waals surface area contributed by atoms with Gasteiger partial charge in [-0.1, -0.05) is 80.1 Å². The van der Waals surface area contributed by atoms with Crippen molar-refractivity contribution in [2.24, 2.45) is 23.7 Å². The number of likely N-dealkylation sites (N-methyl/N-ethyl adjacent to an activating group) is 1. The first-order valence-electron chi connectivity index (χ1n) is 11.9. The van der Waals surface area contributed by atoms with E-state index in [1.807, 2.05) is 0 Å². The highest BCUT2D eigenvalue weighted by molar-refractivity contribution is 5.33. The molecular weight excluding hydrogens is 362 g/mol. The van der Waals surface area contributed by atoms with Gasteiger partial charge in [0.15, 0.2) is 0 Å². The van der Waals surface area contributed by atoms with Gasteiger partial charge in [0, 0.05) is 24.7 Å². The van der Waals surface area contributed by atoms with Crippen LogP contribution in [0.4, 0.5) is 0 Å².